The Morgan fingerprint density at radius 1 is 1.53 bits per heavy atom. The molecule has 1 unspecified atom stereocenters. The number of methoxy groups -OCH3 is 1. The molecule has 0 bridgehead atoms. The minimum atomic E-state index is -0.273. The molecule has 0 aliphatic heterocycles. The van der Waals surface area contributed by atoms with E-state index in [2.05, 4.69) is 12.2 Å². The van der Waals surface area contributed by atoms with Gasteiger partial charge in [-0.15, -0.1) is 0 Å². The lowest BCUT2D eigenvalue weighted by molar-refractivity contribution is 0.0936. The summed E-state index contributed by atoms with van der Waals surface area (Å²) in [6, 6.07) is 4.70. The molecule has 0 aliphatic carbocycles. The molecule has 0 fully saturated rings. The first-order chi connectivity index (χ1) is 9.08. The van der Waals surface area contributed by atoms with Crippen molar-refractivity contribution in [2.45, 2.75) is 26.3 Å². The lowest BCUT2D eigenvalue weighted by Crippen LogP contribution is -2.33. The zero-order valence-electron chi connectivity index (χ0n) is 11.6. The van der Waals surface area contributed by atoms with Crippen LogP contribution in [0.3, 0.4) is 0 Å². The number of hydrogen-bond acceptors (Lipinski definition) is 4. The first-order valence-electron chi connectivity index (χ1n) is 6.34. The van der Waals surface area contributed by atoms with Crippen LogP contribution in [-0.2, 0) is 0 Å². The normalized spacial score (nSPS) is 11.9. The molecule has 1 atom stereocenters. The van der Waals surface area contributed by atoms with Crippen LogP contribution < -0.4 is 10.1 Å². The smallest absolute Gasteiger partial charge is 0.255 e. The van der Waals surface area contributed by atoms with E-state index >= 15 is 0 Å². The molecule has 2 N–H and O–H groups in total. The highest BCUT2D eigenvalue weighted by molar-refractivity contribution is 7.99. The van der Waals surface area contributed by atoms with E-state index in [9.17, 15) is 9.90 Å². The van der Waals surface area contributed by atoms with Crippen molar-refractivity contribution in [3.8, 4) is 11.5 Å². The van der Waals surface area contributed by atoms with Gasteiger partial charge in [-0.1, -0.05) is 6.92 Å². The third-order valence-electron chi connectivity index (χ3n) is 2.73. The number of ether oxygens (including phenoxy) is 1. The van der Waals surface area contributed by atoms with E-state index in [4.69, 9.17) is 4.74 Å². The minimum absolute atomic E-state index is 0.0339. The van der Waals surface area contributed by atoms with Gasteiger partial charge in [-0.05, 0) is 43.0 Å². The third-order valence-corrected chi connectivity index (χ3v) is 3.66. The third kappa shape index (κ3) is 5.03. The van der Waals surface area contributed by atoms with E-state index in [1.807, 2.05) is 18.7 Å². The molecular weight excluding hydrogens is 262 g/mol. The van der Waals surface area contributed by atoms with E-state index in [-0.39, 0.29) is 23.3 Å². The van der Waals surface area contributed by atoms with Crippen LogP contribution in [0.25, 0.3) is 0 Å². The number of phenolic OH excluding ortho intramolecular Hbond substituents is 1. The lowest BCUT2D eigenvalue weighted by Gasteiger charge is -2.14. The molecule has 0 saturated heterocycles. The van der Waals surface area contributed by atoms with Crippen molar-refractivity contribution in [1.82, 2.24) is 5.32 Å². The van der Waals surface area contributed by atoms with E-state index in [0.717, 1.165) is 17.9 Å². The van der Waals surface area contributed by atoms with Gasteiger partial charge in [0.25, 0.3) is 5.91 Å². The van der Waals surface area contributed by atoms with E-state index in [1.54, 1.807) is 6.07 Å². The predicted molar refractivity (Wildman–Crippen MR) is 79.2 cm³/mol. The van der Waals surface area contributed by atoms with Gasteiger partial charge in [0.2, 0.25) is 0 Å². The molecule has 1 aromatic carbocycles. The molecule has 0 radical (unpaired) electrons. The largest absolute Gasteiger partial charge is 0.507 e. The van der Waals surface area contributed by atoms with Gasteiger partial charge >= 0.3 is 0 Å². The fourth-order valence-electron chi connectivity index (χ4n) is 1.60. The second-order valence-corrected chi connectivity index (χ2v) is 5.64. The van der Waals surface area contributed by atoms with E-state index in [0.29, 0.717) is 5.75 Å². The number of rotatable bonds is 7. The molecule has 1 rings (SSSR count). The fraction of sp³-hybridized carbons (Fsp3) is 0.500. The molecule has 5 heteroatoms. The average molecular weight is 283 g/mol. The minimum Gasteiger partial charge on any atom is -0.507 e. The summed E-state index contributed by atoms with van der Waals surface area (Å²) in [6.45, 7) is 4.08. The van der Waals surface area contributed by atoms with Crippen molar-refractivity contribution in [3.05, 3.63) is 23.8 Å². The van der Waals surface area contributed by atoms with Crippen molar-refractivity contribution >= 4 is 17.7 Å². The Kier molecular flexibility index (Phi) is 6.56. The van der Waals surface area contributed by atoms with Crippen LogP contribution >= 0.6 is 11.8 Å². The van der Waals surface area contributed by atoms with Gasteiger partial charge in [-0.2, -0.15) is 11.8 Å². The number of hydrogen-bond donors (Lipinski definition) is 2. The first-order valence-corrected chi connectivity index (χ1v) is 7.49. The SMILES string of the molecule is CCSCCC(C)NC(=O)c1cc(OC)ccc1O. The summed E-state index contributed by atoms with van der Waals surface area (Å²) >= 11 is 1.85. The maximum absolute atomic E-state index is 12.0. The van der Waals surface area contributed by atoms with Crippen molar-refractivity contribution in [1.29, 1.82) is 0 Å². The molecule has 106 valence electrons. The number of carbonyl (C=O) groups is 1. The lowest BCUT2D eigenvalue weighted by atomic mass is 10.1. The van der Waals surface area contributed by atoms with Crippen LogP contribution in [0.15, 0.2) is 18.2 Å². The molecule has 0 aromatic heterocycles. The average Bonchev–Trinajstić information content (AvgIpc) is 2.39. The number of thioether (sulfide) groups is 1. The molecule has 0 spiro atoms. The van der Waals surface area contributed by atoms with Crippen LogP contribution in [-0.4, -0.2) is 35.7 Å². The zero-order valence-corrected chi connectivity index (χ0v) is 12.4. The second kappa shape index (κ2) is 7.94. The number of amides is 1. The van der Waals surface area contributed by atoms with Crippen molar-refractivity contribution < 1.29 is 14.6 Å². The highest BCUT2D eigenvalue weighted by atomic mass is 32.2. The Labute approximate surface area is 118 Å². The number of aromatic hydroxyl groups is 1. The zero-order chi connectivity index (χ0) is 14.3. The summed E-state index contributed by atoms with van der Waals surface area (Å²) in [5, 5.41) is 12.6. The van der Waals surface area contributed by atoms with E-state index in [1.165, 1.54) is 19.2 Å². The Balaban J connectivity index is 2.62. The van der Waals surface area contributed by atoms with Crippen molar-refractivity contribution in [3.63, 3.8) is 0 Å². The highest BCUT2D eigenvalue weighted by Crippen LogP contribution is 2.22. The van der Waals surface area contributed by atoms with Gasteiger partial charge in [0, 0.05) is 6.04 Å². The number of phenols is 1. The Hall–Kier alpha value is -1.36. The summed E-state index contributed by atoms with van der Waals surface area (Å²) < 4.78 is 5.05. The summed E-state index contributed by atoms with van der Waals surface area (Å²) in [5.74, 6) is 2.34. The van der Waals surface area contributed by atoms with Crippen LogP contribution in [0.4, 0.5) is 0 Å². The number of benzene rings is 1. The highest BCUT2D eigenvalue weighted by Gasteiger charge is 2.14. The first kappa shape index (κ1) is 15.7. The Morgan fingerprint density at radius 2 is 2.26 bits per heavy atom. The standard InChI is InChI=1S/C14H21NO3S/c1-4-19-8-7-10(2)15-14(17)12-9-11(18-3)5-6-13(12)16/h5-6,9-10,16H,4,7-8H2,1-3H3,(H,15,17). The van der Waals surface area contributed by atoms with Crippen LogP contribution in [0, 0.1) is 0 Å². The van der Waals surface area contributed by atoms with Gasteiger partial charge in [0.1, 0.15) is 11.5 Å². The van der Waals surface area contributed by atoms with Gasteiger partial charge < -0.3 is 15.2 Å². The van der Waals surface area contributed by atoms with Crippen molar-refractivity contribution in [2.24, 2.45) is 0 Å². The Bertz CT molecular complexity index is 423. The topological polar surface area (TPSA) is 58.6 Å². The molecule has 0 aliphatic rings. The van der Waals surface area contributed by atoms with Crippen LogP contribution in [0.5, 0.6) is 11.5 Å². The molecule has 1 amide bonds. The second-order valence-electron chi connectivity index (χ2n) is 4.24. The molecule has 1 aromatic rings. The Morgan fingerprint density at radius 3 is 2.89 bits per heavy atom. The summed E-state index contributed by atoms with van der Waals surface area (Å²) in [4.78, 5) is 12.0. The molecule has 0 heterocycles. The van der Waals surface area contributed by atoms with Gasteiger partial charge in [0.05, 0.1) is 12.7 Å². The number of nitrogens with one attached hydrogen (secondary N) is 1. The fourth-order valence-corrected chi connectivity index (χ4v) is 2.41. The summed E-state index contributed by atoms with van der Waals surface area (Å²) in [6.07, 6.45) is 0.912. The molecule has 0 saturated carbocycles. The summed E-state index contributed by atoms with van der Waals surface area (Å²) in [7, 11) is 1.53. The summed E-state index contributed by atoms with van der Waals surface area (Å²) in [5.41, 5.74) is 0.245. The molecule has 19 heavy (non-hydrogen) atoms. The van der Waals surface area contributed by atoms with Gasteiger partial charge in [-0.3, -0.25) is 4.79 Å². The predicted octanol–water partition coefficient (Wildman–Crippen LogP) is 2.66. The van der Waals surface area contributed by atoms with Gasteiger partial charge in [0.15, 0.2) is 0 Å². The number of carbonyl (C=O) groups excluding carboxylic acids is 1. The monoisotopic (exact) mass is 283 g/mol. The van der Waals surface area contributed by atoms with Crippen LogP contribution in [0.2, 0.25) is 0 Å². The quantitative estimate of drug-likeness (QED) is 0.755. The van der Waals surface area contributed by atoms with Gasteiger partial charge in [-0.25, -0.2) is 0 Å². The van der Waals surface area contributed by atoms with E-state index < -0.39 is 0 Å². The maximum Gasteiger partial charge on any atom is 0.255 e. The van der Waals surface area contributed by atoms with Crippen LogP contribution in [0.1, 0.15) is 30.6 Å². The molecular formula is C14H21NO3S. The van der Waals surface area contributed by atoms with Crippen molar-refractivity contribution in [2.75, 3.05) is 18.6 Å². The maximum atomic E-state index is 12.0. The molecule has 4 nitrogen and oxygen atoms in total.